The van der Waals surface area contributed by atoms with E-state index >= 15 is 0 Å². The summed E-state index contributed by atoms with van der Waals surface area (Å²) in [6.07, 6.45) is 64.2. The normalized spacial score (nSPS) is 13.1. The summed E-state index contributed by atoms with van der Waals surface area (Å²) in [5.74, 6) is -0.0735. The zero-order chi connectivity index (χ0) is 40.7. The predicted octanol–water partition coefficient (Wildman–Crippen LogP) is 16.1. The summed E-state index contributed by atoms with van der Waals surface area (Å²) in [7, 11) is 0. The molecule has 0 aromatic heterocycles. The van der Waals surface area contributed by atoms with Crippen molar-refractivity contribution in [2.24, 2.45) is 0 Å². The number of rotatable bonds is 46. The SMILES string of the molecule is CCCCCCCCCCCCCCC/C=C/CC/C=C/CC/C=C/C(O)C(CO)NC(=O)CCCCCCCCCCCCCCCCCCCCCCC. The highest BCUT2D eigenvalue weighted by Crippen LogP contribution is 2.16. The summed E-state index contributed by atoms with van der Waals surface area (Å²) in [5.41, 5.74) is 0. The monoisotopic (exact) mass is 786 g/mol. The van der Waals surface area contributed by atoms with Gasteiger partial charge in [-0.1, -0.05) is 256 Å². The number of aliphatic hydroxyl groups is 2. The van der Waals surface area contributed by atoms with Crippen molar-refractivity contribution in [3.8, 4) is 0 Å². The van der Waals surface area contributed by atoms with Crippen LogP contribution in [0, 0.1) is 0 Å². The van der Waals surface area contributed by atoms with Crippen molar-refractivity contribution in [2.75, 3.05) is 6.61 Å². The molecule has 0 aliphatic heterocycles. The first-order valence-electron chi connectivity index (χ1n) is 25.2. The zero-order valence-electron chi connectivity index (χ0n) is 37.9. The van der Waals surface area contributed by atoms with E-state index in [0.717, 1.165) is 38.5 Å². The first kappa shape index (κ1) is 54.6. The van der Waals surface area contributed by atoms with Crippen LogP contribution in [0.1, 0.15) is 271 Å². The maximum Gasteiger partial charge on any atom is 0.220 e. The van der Waals surface area contributed by atoms with Crippen molar-refractivity contribution >= 4 is 5.91 Å². The van der Waals surface area contributed by atoms with E-state index in [-0.39, 0.29) is 12.5 Å². The third-order valence-corrected chi connectivity index (χ3v) is 11.6. The second-order valence-electron chi connectivity index (χ2n) is 17.2. The molecule has 0 saturated heterocycles. The average Bonchev–Trinajstić information content (AvgIpc) is 3.20. The Hall–Kier alpha value is -1.39. The van der Waals surface area contributed by atoms with Crippen LogP contribution in [-0.2, 0) is 4.79 Å². The van der Waals surface area contributed by atoms with Gasteiger partial charge in [0, 0.05) is 6.42 Å². The van der Waals surface area contributed by atoms with Gasteiger partial charge in [0.1, 0.15) is 0 Å². The first-order chi connectivity index (χ1) is 27.7. The fourth-order valence-electron chi connectivity index (χ4n) is 7.74. The fraction of sp³-hybridized carbons (Fsp3) is 0.865. The number of carbonyl (C=O) groups is 1. The minimum absolute atomic E-state index is 0.0735. The van der Waals surface area contributed by atoms with Gasteiger partial charge < -0.3 is 15.5 Å². The topological polar surface area (TPSA) is 69.6 Å². The van der Waals surface area contributed by atoms with Crippen molar-refractivity contribution in [3.63, 3.8) is 0 Å². The third kappa shape index (κ3) is 43.7. The van der Waals surface area contributed by atoms with Gasteiger partial charge in [-0.2, -0.15) is 0 Å². The zero-order valence-corrected chi connectivity index (χ0v) is 37.9. The summed E-state index contributed by atoms with van der Waals surface area (Å²) in [6.45, 7) is 4.32. The maximum atomic E-state index is 12.4. The van der Waals surface area contributed by atoms with Crippen molar-refractivity contribution in [3.05, 3.63) is 36.5 Å². The largest absolute Gasteiger partial charge is 0.394 e. The molecular formula is C52H99NO3. The first-order valence-corrected chi connectivity index (χ1v) is 25.2. The lowest BCUT2D eigenvalue weighted by Gasteiger charge is -2.19. The van der Waals surface area contributed by atoms with Crippen LogP contribution in [0.4, 0.5) is 0 Å². The van der Waals surface area contributed by atoms with E-state index in [0.29, 0.717) is 6.42 Å². The maximum absolute atomic E-state index is 12.4. The van der Waals surface area contributed by atoms with E-state index in [1.165, 1.54) is 212 Å². The summed E-state index contributed by atoms with van der Waals surface area (Å²) in [4.78, 5) is 12.4. The molecule has 0 aliphatic carbocycles. The molecule has 4 heteroatoms. The van der Waals surface area contributed by atoms with Gasteiger partial charge in [-0.3, -0.25) is 4.79 Å². The van der Waals surface area contributed by atoms with Crippen molar-refractivity contribution in [1.29, 1.82) is 0 Å². The van der Waals surface area contributed by atoms with E-state index < -0.39 is 12.1 Å². The number of nitrogens with one attached hydrogen (secondary N) is 1. The van der Waals surface area contributed by atoms with E-state index in [9.17, 15) is 15.0 Å². The lowest BCUT2D eigenvalue weighted by molar-refractivity contribution is -0.123. The van der Waals surface area contributed by atoms with E-state index in [2.05, 4.69) is 43.5 Å². The van der Waals surface area contributed by atoms with Crippen LogP contribution in [-0.4, -0.2) is 34.9 Å². The van der Waals surface area contributed by atoms with Crippen molar-refractivity contribution in [1.82, 2.24) is 5.32 Å². The van der Waals surface area contributed by atoms with E-state index in [1.807, 2.05) is 6.08 Å². The second kappa shape index (κ2) is 48.0. The lowest BCUT2D eigenvalue weighted by Crippen LogP contribution is -2.45. The third-order valence-electron chi connectivity index (χ3n) is 11.6. The molecule has 0 spiro atoms. The van der Waals surface area contributed by atoms with Gasteiger partial charge in [-0.05, 0) is 44.9 Å². The molecule has 1 amide bonds. The number of hydrogen-bond acceptors (Lipinski definition) is 3. The molecule has 0 aromatic carbocycles. The molecule has 0 rings (SSSR count). The quantitative estimate of drug-likeness (QED) is 0.0425. The van der Waals surface area contributed by atoms with Gasteiger partial charge in [0.25, 0.3) is 0 Å². The minimum Gasteiger partial charge on any atom is -0.394 e. The highest BCUT2D eigenvalue weighted by Gasteiger charge is 2.17. The van der Waals surface area contributed by atoms with Gasteiger partial charge in [-0.25, -0.2) is 0 Å². The van der Waals surface area contributed by atoms with Gasteiger partial charge in [-0.15, -0.1) is 0 Å². The van der Waals surface area contributed by atoms with Crippen LogP contribution in [0.2, 0.25) is 0 Å². The van der Waals surface area contributed by atoms with Crippen LogP contribution in [0.15, 0.2) is 36.5 Å². The number of amides is 1. The Kier molecular flexibility index (Phi) is 46.8. The van der Waals surface area contributed by atoms with Crippen LogP contribution in [0.5, 0.6) is 0 Å². The molecule has 330 valence electrons. The molecule has 0 radical (unpaired) electrons. The average molecular weight is 786 g/mol. The Morgan fingerprint density at radius 1 is 0.411 bits per heavy atom. The Labute approximate surface area is 351 Å². The molecule has 0 bridgehead atoms. The summed E-state index contributed by atoms with van der Waals surface area (Å²) in [5, 5.41) is 23.1. The molecule has 0 heterocycles. The molecule has 56 heavy (non-hydrogen) atoms. The van der Waals surface area contributed by atoms with E-state index in [4.69, 9.17) is 0 Å². The number of unbranched alkanes of at least 4 members (excludes halogenated alkanes) is 35. The number of carbonyl (C=O) groups excluding carboxylic acids is 1. The van der Waals surface area contributed by atoms with E-state index in [1.54, 1.807) is 6.08 Å². The number of hydrogen-bond donors (Lipinski definition) is 3. The number of allylic oxidation sites excluding steroid dienone is 5. The highest BCUT2D eigenvalue weighted by atomic mass is 16.3. The molecule has 0 fully saturated rings. The molecular weight excluding hydrogens is 687 g/mol. The van der Waals surface area contributed by atoms with Crippen LogP contribution < -0.4 is 5.32 Å². The number of aliphatic hydroxyl groups excluding tert-OH is 2. The molecule has 3 N–H and O–H groups in total. The fourth-order valence-corrected chi connectivity index (χ4v) is 7.74. The Balaban J connectivity index is 3.57. The minimum atomic E-state index is -0.868. The molecule has 0 aliphatic rings. The van der Waals surface area contributed by atoms with Crippen molar-refractivity contribution in [2.45, 2.75) is 283 Å². The second-order valence-corrected chi connectivity index (χ2v) is 17.2. The summed E-state index contributed by atoms with van der Waals surface area (Å²) < 4.78 is 0. The van der Waals surface area contributed by atoms with Gasteiger partial charge in [0.2, 0.25) is 5.91 Å². The van der Waals surface area contributed by atoms with Gasteiger partial charge in [0.05, 0.1) is 18.8 Å². The Morgan fingerprint density at radius 2 is 0.696 bits per heavy atom. The molecule has 0 aromatic rings. The highest BCUT2D eigenvalue weighted by molar-refractivity contribution is 5.76. The van der Waals surface area contributed by atoms with Crippen LogP contribution in [0.3, 0.4) is 0 Å². The summed E-state index contributed by atoms with van der Waals surface area (Å²) in [6, 6.07) is -0.643. The standard InChI is InChI=1S/C52H99NO3/c1-3-5-7-9-11-13-15-17-19-21-23-25-26-28-29-31-33-35-37-39-41-43-45-47-51(55)50(49-54)53-52(56)48-46-44-42-40-38-36-34-32-30-27-24-22-20-18-16-14-12-10-8-6-4-2/h29,31,37,39,45,47,50-51,54-55H,3-28,30,32-36,38,40-44,46,48-49H2,1-2H3,(H,53,56)/b31-29+,39-37+,47-45+. The molecule has 2 atom stereocenters. The van der Waals surface area contributed by atoms with Crippen LogP contribution >= 0.6 is 0 Å². The predicted molar refractivity (Wildman–Crippen MR) is 248 cm³/mol. The van der Waals surface area contributed by atoms with Crippen LogP contribution in [0.25, 0.3) is 0 Å². The Morgan fingerprint density at radius 3 is 1.04 bits per heavy atom. The summed E-state index contributed by atoms with van der Waals surface area (Å²) >= 11 is 0. The smallest absolute Gasteiger partial charge is 0.220 e. The van der Waals surface area contributed by atoms with Crippen molar-refractivity contribution < 1.29 is 15.0 Å². The van der Waals surface area contributed by atoms with Gasteiger partial charge in [0.15, 0.2) is 0 Å². The van der Waals surface area contributed by atoms with Gasteiger partial charge >= 0.3 is 0 Å². The Bertz CT molecular complexity index is 851. The molecule has 0 saturated carbocycles. The molecule has 4 nitrogen and oxygen atoms in total. The molecule has 2 unspecified atom stereocenters. The lowest BCUT2D eigenvalue weighted by atomic mass is 10.0.